The number of aryl methyl sites for hydroxylation is 1. The number of hydrogen-bond donors (Lipinski definition) is 2. The molecule has 0 bridgehead atoms. The first-order valence-electron chi connectivity index (χ1n) is 7.63. The minimum absolute atomic E-state index is 0.0726. The summed E-state index contributed by atoms with van der Waals surface area (Å²) in [5, 5.41) is 18.3. The number of rotatable bonds is 6. The van der Waals surface area contributed by atoms with Crippen LogP contribution in [0.5, 0.6) is 0 Å². The third kappa shape index (κ3) is 3.88. The van der Waals surface area contributed by atoms with E-state index < -0.39 is 24.1 Å². The van der Waals surface area contributed by atoms with Gasteiger partial charge in [-0.1, -0.05) is 0 Å². The Bertz CT molecular complexity index is 844. The van der Waals surface area contributed by atoms with Gasteiger partial charge in [0, 0.05) is 23.0 Å². The molecule has 2 N–H and O–H groups in total. The predicted octanol–water partition coefficient (Wildman–Crippen LogP) is 3.75. The van der Waals surface area contributed by atoms with Crippen molar-refractivity contribution >= 4 is 28.8 Å². The number of thiophene rings is 1. The Morgan fingerprint density at radius 1 is 1.24 bits per heavy atom. The topological polar surface area (TPSA) is 92.4 Å². The zero-order valence-electron chi connectivity index (χ0n) is 14.5. The molecular formula is C18H20N2O4S. The Morgan fingerprint density at radius 3 is 2.36 bits per heavy atom. The van der Waals surface area contributed by atoms with Gasteiger partial charge in [0.25, 0.3) is 0 Å². The van der Waals surface area contributed by atoms with E-state index in [1.54, 1.807) is 0 Å². The van der Waals surface area contributed by atoms with E-state index in [9.17, 15) is 14.7 Å². The van der Waals surface area contributed by atoms with Crippen LogP contribution in [0.4, 0.5) is 0 Å². The van der Waals surface area contributed by atoms with Crippen molar-refractivity contribution in [2.24, 2.45) is 0 Å². The first-order valence-corrected chi connectivity index (χ1v) is 8.44. The van der Waals surface area contributed by atoms with Crippen molar-refractivity contribution in [1.29, 1.82) is 5.41 Å². The molecular weight excluding hydrogens is 340 g/mol. The van der Waals surface area contributed by atoms with Crippen molar-refractivity contribution < 1.29 is 19.4 Å². The molecule has 2 heterocycles. The van der Waals surface area contributed by atoms with Gasteiger partial charge in [-0.2, -0.15) is 0 Å². The number of hydrogen-bond acceptors (Lipinski definition) is 6. The summed E-state index contributed by atoms with van der Waals surface area (Å²) in [5.74, 6) is -1.44. The zero-order chi connectivity index (χ0) is 18.7. The second-order valence-corrected chi connectivity index (χ2v) is 6.84. The van der Waals surface area contributed by atoms with Crippen molar-refractivity contribution in [3.8, 4) is 5.00 Å². The second kappa shape index (κ2) is 7.48. The summed E-state index contributed by atoms with van der Waals surface area (Å²) < 4.78 is 7.03. The molecule has 7 heteroatoms. The number of aromatic nitrogens is 1. The van der Waals surface area contributed by atoms with Crippen LogP contribution in [0.2, 0.25) is 0 Å². The lowest BCUT2D eigenvalue weighted by atomic mass is 10.1. The smallest absolute Gasteiger partial charge is 0.341 e. The maximum atomic E-state index is 12.6. The lowest BCUT2D eigenvalue weighted by molar-refractivity contribution is -0.113. The monoisotopic (exact) mass is 360 g/mol. The van der Waals surface area contributed by atoms with Gasteiger partial charge in [0.1, 0.15) is 17.4 Å². The quantitative estimate of drug-likeness (QED) is 0.355. The molecule has 0 radical (unpaired) electrons. The Hall–Kier alpha value is -2.67. The molecule has 0 unspecified atom stereocenters. The molecule has 0 aromatic carbocycles. The number of aliphatic hydroxyl groups is 1. The highest BCUT2D eigenvalue weighted by atomic mass is 32.1. The lowest BCUT2D eigenvalue weighted by Crippen LogP contribution is -2.16. The number of ketones is 1. The summed E-state index contributed by atoms with van der Waals surface area (Å²) >= 11 is 1.48. The highest BCUT2D eigenvalue weighted by Crippen LogP contribution is 2.31. The fourth-order valence-electron chi connectivity index (χ4n) is 2.46. The molecule has 0 fully saturated rings. The third-order valence-corrected chi connectivity index (χ3v) is 4.99. The number of nitrogens with one attached hydrogen (secondary N) is 1. The highest BCUT2D eigenvalue weighted by Gasteiger charge is 2.23. The fraction of sp³-hybridized carbons (Fsp3) is 0.278. The molecule has 132 valence electrons. The van der Waals surface area contributed by atoms with Gasteiger partial charge in [-0.25, -0.2) is 4.79 Å². The Balaban J connectivity index is 2.30. The average molecular weight is 360 g/mol. The average Bonchev–Trinajstić information content (AvgIpc) is 3.13. The number of allylic oxidation sites excluding steroid dienone is 1. The van der Waals surface area contributed by atoms with Crippen LogP contribution in [0, 0.1) is 19.3 Å². The van der Waals surface area contributed by atoms with Gasteiger partial charge in [0.05, 0.1) is 11.1 Å². The summed E-state index contributed by atoms with van der Waals surface area (Å²) in [7, 11) is 0. The molecule has 2 rings (SSSR count). The van der Waals surface area contributed by atoms with Gasteiger partial charge in [-0.3, -0.25) is 4.79 Å². The van der Waals surface area contributed by atoms with Gasteiger partial charge in [0.2, 0.25) is 0 Å². The molecule has 6 nitrogen and oxygen atoms in total. The number of aliphatic hydroxyl groups excluding tert-OH is 1. The minimum Gasteiger partial charge on any atom is -0.508 e. The van der Waals surface area contributed by atoms with Crippen LogP contribution in [0.15, 0.2) is 35.9 Å². The summed E-state index contributed by atoms with van der Waals surface area (Å²) in [6.07, 6.45) is 3.68. The Morgan fingerprint density at radius 2 is 1.84 bits per heavy atom. The van der Waals surface area contributed by atoms with E-state index in [1.807, 2.05) is 42.9 Å². The first-order chi connectivity index (χ1) is 11.7. The number of carbonyl (C=O) groups is 2. The van der Waals surface area contributed by atoms with Crippen LogP contribution in [0.25, 0.3) is 5.00 Å². The SMILES string of the molecule is CC(=N)/C(C(C)=O)=C(/O)COC(=O)c1c(-n2cccc2)sc(C)c1C. The maximum Gasteiger partial charge on any atom is 0.341 e. The molecule has 0 aliphatic heterocycles. The third-order valence-electron chi connectivity index (χ3n) is 3.77. The molecule has 0 saturated heterocycles. The van der Waals surface area contributed by atoms with Crippen molar-refractivity contribution in [3.63, 3.8) is 0 Å². The number of esters is 1. The second-order valence-electron chi connectivity index (χ2n) is 5.63. The van der Waals surface area contributed by atoms with Gasteiger partial charge in [-0.15, -0.1) is 11.3 Å². The molecule has 0 aliphatic carbocycles. The molecule has 0 spiro atoms. The van der Waals surface area contributed by atoms with Crippen LogP contribution in [0.3, 0.4) is 0 Å². The number of ether oxygens (including phenoxy) is 1. The molecule has 0 amide bonds. The van der Waals surface area contributed by atoms with Crippen molar-refractivity contribution in [2.75, 3.05) is 6.61 Å². The molecule has 0 atom stereocenters. The van der Waals surface area contributed by atoms with Gasteiger partial charge < -0.3 is 19.8 Å². The molecule has 2 aromatic heterocycles. The van der Waals surface area contributed by atoms with E-state index in [-0.39, 0.29) is 11.3 Å². The largest absolute Gasteiger partial charge is 0.508 e. The van der Waals surface area contributed by atoms with E-state index in [0.717, 1.165) is 15.4 Å². The van der Waals surface area contributed by atoms with Crippen molar-refractivity contribution in [1.82, 2.24) is 4.57 Å². The van der Waals surface area contributed by atoms with Crippen LogP contribution in [-0.2, 0) is 9.53 Å². The van der Waals surface area contributed by atoms with E-state index in [2.05, 4.69) is 0 Å². The lowest BCUT2D eigenvalue weighted by Gasteiger charge is -2.10. The molecule has 25 heavy (non-hydrogen) atoms. The van der Waals surface area contributed by atoms with E-state index in [0.29, 0.717) is 5.56 Å². The maximum absolute atomic E-state index is 12.6. The van der Waals surface area contributed by atoms with Crippen LogP contribution in [-0.4, -0.2) is 33.7 Å². The zero-order valence-corrected chi connectivity index (χ0v) is 15.4. The highest BCUT2D eigenvalue weighted by molar-refractivity contribution is 7.15. The molecule has 0 aliphatic rings. The normalized spacial score (nSPS) is 11.8. The van der Waals surface area contributed by atoms with Crippen LogP contribution >= 0.6 is 11.3 Å². The van der Waals surface area contributed by atoms with Gasteiger partial charge >= 0.3 is 5.97 Å². The minimum atomic E-state index is -0.581. The standard InChI is InChI=1S/C18H20N2O4S/c1-10-13(4)25-17(20-7-5-6-8-20)15(10)18(23)24-9-14(22)16(11(2)19)12(3)21/h5-8,19,22H,9H2,1-4H3/b16-14-,19-11?. The van der Waals surface area contributed by atoms with Gasteiger partial charge in [-0.05, 0) is 45.4 Å². The van der Waals surface area contributed by atoms with E-state index in [1.165, 1.54) is 25.2 Å². The molecule has 2 aromatic rings. The van der Waals surface area contributed by atoms with Gasteiger partial charge in [0.15, 0.2) is 5.78 Å². The van der Waals surface area contributed by atoms with E-state index >= 15 is 0 Å². The predicted molar refractivity (Wildman–Crippen MR) is 97.1 cm³/mol. The number of nitrogens with zero attached hydrogens (tertiary/aromatic N) is 1. The summed E-state index contributed by atoms with van der Waals surface area (Å²) in [4.78, 5) is 25.1. The van der Waals surface area contributed by atoms with Crippen molar-refractivity contribution in [2.45, 2.75) is 27.7 Å². The van der Waals surface area contributed by atoms with E-state index in [4.69, 9.17) is 10.1 Å². The first kappa shape index (κ1) is 18.7. The summed E-state index contributed by atoms with van der Waals surface area (Å²) in [6.45, 7) is 5.96. The molecule has 0 saturated carbocycles. The Labute approximate surface area is 149 Å². The summed E-state index contributed by atoms with van der Waals surface area (Å²) in [5.41, 5.74) is 1.05. The van der Waals surface area contributed by atoms with Crippen molar-refractivity contribution in [3.05, 3.63) is 51.9 Å². The number of carbonyl (C=O) groups excluding carboxylic acids is 2. The fourth-order valence-corrected chi connectivity index (χ4v) is 3.57. The number of Topliss-reactive ketones (excluding diaryl/α,β-unsaturated/α-hetero) is 1. The van der Waals surface area contributed by atoms with Crippen LogP contribution in [0.1, 0.15) is 34.6 Å². The summed E-state index contributed by atoms with van der Waals surface area (Å²) in [6, 6.07) is 3.72. The van der Waals surface area contributed by atoms with Crippen LogP contribution < -0.4 is 0 Å². The Kier molecular flexibility index (Phi) is 5.58.